The molecule has 1 atom stereocenters. The Hall–Kier alpha value is -4.04. The zero-order valence-electron chi connectivity index (χ0n) is 19.4. The van der Waals surface area contributed by atoms with Crippen LogP contribution in [0, 0.1) is 5.82 Å². The summed E-state index contributed by atoms with van der Waals surface area (Å²) in [5.74, 6) is 1.55. The highest BCUT2D eigenvalue weighted by molar-refractivity contribution is 6.32. The second kappa shape index (κ2) is 9.20. The molecular formula is C27H22ClFN6O. The number of benzene rings is 2. The lowest BCUT2D eigenvalue weighted by molar-refractivity contribution is 0.248. The van der Waals surface area contributed by atoms with E-state index in [-0.39, 0.29) is 11.9 Å². The molecule has 4 heterocycles. The second-order valence-corrected chi connectivity index (χ2v) is 9.00. The number of hydrogen-bond acceptors (Lipinski definition) is 6. The summed E-state index contributed by atoms with van der Waals surface area (Å²) in [7, 11) is 1.78. The van der Waals surface area contributed by atoms with Crippen molar-refractivity contribution in [3.63, 3.8) is 0 Å². The van der Waals surface area contributed by atoms with Crippen LogP contribution in [0.4, 0.5) is 10.3 Å². The standard InChI is InChI=1S/C27H22ClFN6O/c1-30-27-31-13-12-22(33-27)25-24(16-6-8-18(29)9-7-16)34-23-11-10-19(35(23)25)15-36-26-20(28)14-17-4-2-3-5-21(17)32-26/h2-9,12-14,19H,10-11,15H2,1H3,(H,30,31,33). The Morgan fingerprint density at radius 3 is 2.75 bits per heavy atom. The van der Waals surface area contributed by atoms with Crippen molar-refractivity contribution in [3.8, 4) is 28.5 Å². The summed E-state index contributed by atoms with van der Waals surface area (Å²) in [6.07, 6.45) is 3.35. The van der Waals surface area contributed by atoms with Gasteiger partial charge >= 0.3 is 0 Å². The molecule has 0 radical (unpaired) electrons. The highest BCUT2D eigenvalue weighted by atomic mass is 35.5. The first kappa shape index (κ1) is 22.4. The number of imidazole rings is 1. The monoisotopic (exact) mass is 500 g/mol. The summed E-state index contributed by atoms with van der Waals surface area (Å²) in [6, 6.07) is 17.9. The van der Waals surface area contributed by atoms with Crippen LogP contribution in [0.5, 0.6) is 5.88 Å². The highest BCUT2D eigenvalue weighted by Gasteiger charge is 2.31. The molecule has 0 fully saturated rings. The fourth-order valence-electron chi connectivity index (χ4n) is 4.64. The third-order valence-corrected chi connectivity index (χ3v) is 6.62. The van der Waals surface area contributed by atoms with Gasteiger partial charge < -0.3 is 14.6 Å². The summed E-state index contributed by atoms with van der Waals surface area (Å²) >= 11 is 6.49. The predicted octanol–water partition coefficient (Wildman–Crippen LogP) is 5.96. The minimum atomic E-state index is -0.294. The van der Waals surface area contributed by atoms with Gasteiger partial charge in [-0.05, 0) is 48.9 Å². The molecule has 2 aromatic carbocycles. The van der Waals surface area contributed by atoms with Gasteiger partial charge in [-0.2, -0.15) is 0 Å². The Morgan fingerprint density at radius 2 is 1.92 bits per heavy atom. The summed E-state index contributed by atoms with van der Waals surface area (Å²) in [5.41, 5.74) is 3.96. The molecule has 7 nitrogen and oxygen atoms in total. The van der Waals surface area contributed by atoms with Crippen LogP contribution in [0.1, 0.15) is 18.3 Å². The van der Waals surface area contributed by atoms with Crippen molar-refractivity contribution in [2.24, 2.45) is 0 Å². The van der Waals surface area contributed by atoms with E-state index in [4.69, 9.17) is 21.3 Å². The molecule has 0 saturated heterocycles. The number of fused-ring (bicyclic) bond motifs is 2. The van der Waals surface area contributed by atoms with Crippen LogP contribution in [0.3, 0.4) is 0 Å². The van der Waals surface area contributed by atoms with Crippen LogP contribution in [0.25, 0.3) is 33.5 Å². The molecule has 0 bridgehead atoms. The van der Waals surface area contributed by atoms with Gasteiger partial charge in [0.1, 0.15) is 23.3 Å². The van der Waals surface area contributed by atoms with Crippen molar-refractivity contribution in [2.75, 3.05) is 19.0 Å². The molecule has 1 unspecified atom stereocenters. The quantitative estimate of drug-likeness (QED) is 0.310. The van der Waals surface area contributed by atoms with Crippen molar-refractivity contribution in [1.82, 2.24) is 24.5 Å². The summed E-state index contributed by atoms with van der Waals surface area (Å²) < 4.78 is 22.0. The number of ether oxygens (including phenoxy) is 1. The highest BCUT2D eigenvalue weighted by Crippen LogP contribution is 2.39. The van der Waals surface area contributed by atoms with Crippen molar-refractivity contribution in [2.45, 2.75) is 18.9 Å². The van der Waals surface area contributed by atoms with E-state index in [1.807, 2.05) is 36.4 Å². The van der Waals surface area contributed by atoms with Crippen molar-refractivity contribution >= 4 is 28.5 Å². The average Bonchev–Trinajstić information content (AvgIpc) is 3.47. The number of rotatable bonds is 6. The maximum absolute atomic E-state index is 13.7. The van der Waals surface area contributed by atoms with E-state index in [0.717, 1.165) is 52.2 Å². The molecule has 6 rings (SSSR count). The number of nitrogens with one attached hydrogen (secondary N) is 1. The van der Waals surface area contributed by atoms with Crippen LogP contribution < -0.4 is 10.1 Å². The van der Waals surface area contributed by atoms with E-state index in [1.54, 1.807) is 25.4 Å². The first-order chi connectivity index (χ1) is 17.6. The molecule has 9 heteroatoms. The van der Waals surface area contributed by atoms with Crippen LogP contribution in [-0.2, 0) is 6.42 Å². The SMILES string of the molecule is CNc1nccc(-c2c(-c3ccc(F)cc3)nc3n2C(COc2nc4ccccc4cc2Cl)CC3)n1. The van der Waals surface area contributed by atoms with Gasteiger partial charge in [0.15, 0.2) is 0 Å². The summed E-state index contributed by atoms with van der Waals surface area (Å²) in [6.45, 7) is 0.369. The van der Waals surface area contributed by atoms with E-state index in [0.29, 0.717) is 23.5 Å². The van der Waals surface area contributed by atoms with Gasteiger partial charge in [-0.3, -0.25) is 0 Å². The Balaban J connectivity index is 1.39. The van der Waals surface area contributed by atoms with Crippen LogP contribution in [-0.4, -0.2) is 38.2 Å². The number of aryl methyl sites for hydroxylation is 1. The zero-order chi connectivity index (χ0) is 24.6. The summed E-state index contributed by atoms with van der Waals surface area (Å²) in [5, 5.41) is 4.43. The number of aromatic nitrogens is 5. The molecule has 36 heavy (non-hydrogen) atoms. The third-order valence-electron chi connectivity index (χ3n) is 6.35. The average molecular weight is 501 g/mol. The molecule has 0 spiro atoms. The van der Waals surface area contributed by atoms with Gasteiger partial charge in [0.05, 0.1) is 28.6 Å². The van der Waals surface area contributed by atoms with Crippen molar-refractivity contribution < 1.29 is 9.13 Å². The number of anilines is 1. The van der Waals surface area contributed by atoms with E-state index < -0.39 is 0 Å². The van der Waals surface area contributed by atoms with Crippen LogP contribution in [0.15, 0.2) is 66.9 Å². The minimum Gasteiger partial charge on any atom is -0.474 e. The molecular weight excluding hydrogens is 479 g/mol. The van der Waals surface area contributed by atoms with Gasteiger partial charge in [-0.15, -0.1) is 0 Å². The molecule has 1 aliphatic heterocycles. The van der Waals surface area contributed by atoms with Crippen molar-refractivity contribution in [1.29, 1.82) is 0 Å². The lowest BCUT2D eigenvalue weighted by Gasteiger charge is -2.18. The fourth-order valence-corrected chi connectivity index (χ4v) is 4.86. The minimum absolute atomic E-state index is 0.00552. The van der Waals surface area contributed by atoms with Gasteiger partial charge in [0, 0.05) is 30.6 Å². The molecule has 1 N–H and O–H groups in total. The number of para-hydroxylation sites is 1. The molecule has 0 amide bonds. The third kappa shape index (κ3) is 4.03. The zero-order valence-corrected chi connectivity index (χ0v) is 20.2. The van der Waals surface area contributed by atoms with E-state index in [1.165, 1.54) is 12.1 Å². The van der Waals surface area contributed by atoms with E-state index in [2.05, 4.69) is 24.8 Å². The Morgan fingerprint density at radius 1 is 1.08 bits per heavy atom. The Labute approximate surface area is 212 Å². The number of halogens is 2. The molecule has 3 aromatic heterocycles. The maximum Gasteiger partial charge on any atom is 0.233 e. The molecule has 0 saturated carbocycles. The largest absolute Gasteiger partial charge is 0.474 e. The first-order valence-corrected chi connectivity index (χ1v) is 12.0. The molecule has 1 aliphatic rings. The number of nitrogens with zero attached hydrogens (tertiary/aromatic N) is 5. The lowest BCUT2D eigenvalue weighted by Crippen LogP contribution is -2.16. The Kier molecular flexibility index (Phi) is 5.73. The van der Waals surface area contributed by atoms with Gasteiger partial charge in [-0.25, -0.2) is 24.3 Å². The fraction of sp³-hybridized carbons (Fsp3) is 0.185. The predicted molar refractivity (Wildman–Crippen MR) is 138 cm³/mol. The summed E-state index contributed by atoms with van der Waals surface area (Å²) in [4.78, 5) is 18.5. The topological polar surface area (TPSA) is 77.8 Å². The maximum atomic E-state index is 13.7. The van der Waals surface area contributed by atoms with Crippen molar-refractivity contribution in [3.05, 3.63) is 83.5 Å². The molecule has 0 aliphatic carbocycles. The van der Waals surface area contributed by atoms with E-state index >= 15 is 0 Å². The van der Waals surface area contributed by atoms with Gasteiger partial charge in [0.2, 0.25) is 11.8 Å². The smallest absolute Gasteiger partial charge is 0.233 e. The Bertz CT molecular complexity index is 1570. The van der Waals surface area contributed by atoms with Gasteiger partial charge in [0.25, 0.3) is 0 Å². The second-order valence-electron chi connectivity index (χ2n) is 8.59. The number of pyridine rings is 1. The van der Waals surface area contributed by atoms with Crippen LogP contribution in [0.2, 0.25) is 5.02 Å². The van der Waals surface area contributed by atoms with Gasteiger partial charge in [-0.1, -0.05) is 29.8 Å². The lowest BCUT2D eigenvalue weighted by atomic mass is 10.1. The van der Waals surface area contributed by atoms with E-state index in [9.17, 15) is 4.39 Å². The normalized spacial score (nSPS) is 14.7. The molecule has 5 aromatic rings. The first-order valence-electron chi connectivity index (χ1n) is 11.7. The number of hydrogen-bond donors (Lipinski definition) is 1. The van der Waals surface area contributed by atoms with Crippen LogP contribution >= 0.6 is 11.6 Å². The molecule has 180 valence electrons.